The van der Waals surface area contributed by atoms with Crippen molar-refractivity contribution in [2.75, 3.05) is 7.05 Å². The lowest BCUT2D eigenvalue weighted by Gasteiger charge is -2.10. The summed E-state index contributed by atoms with van der Waals surface area (Å²) in [5.74, 6) is 0.830. The highest BCUT2D eigenvalue weighted by Gasteiger charge is 2.17. The zero-order valence-corrected chi connectivity index (χ0v) is 11.1. The zero-order valence-electron chi connectivity index (χ0n) is 7.96. The highest BCUT2D eigenvalue weighted by molar-refractivity contribution is 9.11. The van der Waals surface area contributed by atoms with Crippen molar-refractivity contribution < 1.29 is 4.42 Å². The maximum Gasteiger partial charge on any atom is 0.193 e. The SMILES string of the molecule is CNC(c1ccc(Cl)o1)c1ccc(Br)s1. The minimum Gasteiger partial charge on any atom is -0.448 e. The molecule has 0 bridgehead atoms. The Hall–Kier alpha value is -0.290. The molecule has 0 spiro atoms. The lowest BCUT2D eigenvalue weighted by atomic mass is 10.2. The standard InChI is InChI=1S/C10H9BrClNOS/c1-13-10(6-2-5-9(12)14-6)7-3-4-8(11)15-7/h2-5,10,13H,1H3. The van der Waals surface area contributed by atoms with Crippen LogP contribution in [0.1, 0.15) is 16.7 Å². The third kappa shape index (κ3) is 2.45. The molecule has 2 rings (SSSR count). The molecule has 5 heteroatoms. The molecule has 0 saturated heterocycles. The Morgan fingerprint density at radius 3 is 2.67 bits per heavy atom. The average Bonchev–Trinajstić information content (AvgIpc) is 2.78. The number of furan rings is 1. The van der Waals surface area contributed by atoms with E-state index in [1.807, 2.05) is 19.2 Å². The van der Waals surface area contributed by atoms with Crippen molar-refractivity contribution in [3.05, 3.63) is 43.9 Å². The van der Waals surface area contributed by atoms with Gasteiger partial charge < -0.3 is 9.73 Å². The maximum atomic E-state index is 5.75. The Morgan fingerprint density at radius 1 is 1.40 bits per heavy atom. The van der Waals surface area contributed by atoms with Gasteiger partial charge in [0.1, 0.15) is 11.8 Å². The monoisotopic (exact) mass is 305 g/mol. The van der Waals surface area contributed by atoms with Crippen LogP contribution in [0.15, 0.2) is 32.5 Å². The van der Waals surface area contributed by atoms with Crippen LogP contribution in [0.3, 0.4) is 0 Å². The van der Waals surface area contributed by atoms with E-state index in [4.69, 9.17) is 16.0 Å². The molecular weight excluding hydrogens is 298 g/mol. The van der Waals surface area contributed by atoms with E-state index in [1.165, 1.54) is 4.88 Å². The van der Waals surface area contributed by atoms with E-state index in [-0.39, 0.29) is 6.04 Å². The molecule has 1 atom stereocenters. The van der Waals surface area contributed by atoms with Crippen molar-refractivity contribution in [1.82, 2.24) is 5.32 Å². The minimum atomic E-state index is 0.0637. The molecule has 0 fully saturated rings. The molecule has 0 aliphatic heterocycles. The summed E-state index contributed by atoms with van der Waals surface area (Å²) in [4.78, 5) is 1.19. The largest absolute Gasteiger partial charge is 0.448 e. The molecule has 2 aromatic heterocycles. The Kier molecular flexibility index (Phi) is 3.51. The predicted octanol–water partition coefficient (Wildman–Crippen LogP) is 4.07. The molecule has 2 nitrogen and oxygen atoms in total. The highest BCUT2D eigenvalue weighted by atomic mass is 79.9. The quantitative estimate of drug-likeness (QED) is 0.925. The van der Waals surface area contributed by atoms with Crippen molar-refractivity contribution in [2.24, 2.45) is 0 Å². The first-order valence-corrected chi connectivity index (χ1v) is 6.37. The summed E-state index contributed by atoms with van der Waals surface area (Å²) in [5.41, 5.74) is 0. The van der Waals surface area contributed by atoms with Crippen molar-refractivity contribution in [3.8, 4) is 0 Å². The normalized spacial score (nSPS) is 13.0. The second kappa shape index (κ2) is 4.70. The maximum absolute atomic E-state index is 5.75. The van der Waals surface area contributed by atoms with E-state index in [9.17, 15) is 0 Å². The fourth-order valence-corrected chi connectivity index (χ4v) is 3.09. The summed E-state index contributed by atoms with van der Waals surface area (Å²) in [6.07, 6.45) is 0. The Balaban J connectivity index is 2.32. The van der Waals surface area contributed by atoms with Crippen molar-refractivity contribution in [2.45, 2.75) is 6.04 Å². The summed E-state index contributed by atoms with van der Waals surface area (Å²) in [5, 5.41) is 3.62. The van der Waals surface area contributed by atoms with Crippen LogP contribution in [-0.4, -0.2) is 7.05 Å². The van der Waals surface area contributed by atoms with Gasteiger partial charge in [-0.05, 0) is 58.8 Å². The number of hydrogen-bond acceptors (Lipinski definition) is 3. The molecule has 1 unspecified atom stereocenters. The van der Waals surface area contributed by atoms with Gasteiger partial charge in [-0.15, -0.1) is 11.3 Å². The zero-order chi connectivity index (χ0) is 10.8. The fraction of sp³-hybridized carbons (Fsp3) is 0.200. The van der Waals surface area contributed by atoms with Gasteiger partial charge in [-0.2, -0.15) is 0 Å². The molecule has 2 heterocycles. The number of hydrogen-bond donors (Lipinski definition) is 1. The highest BCUT2D eigenvalue weighted by Crippen LogP contribution is 2.32. The van der Waals surface area contributed by atoms with Crippen LogP contribution in [0.25, 0.3) is 0 Å². The molecule has 0 aromatic carbocycles. The summed E-state index contributed by atoms with van der Waals surface area (Å²) < 4.78 is 6.50. The number of nitrogens with one attached hydrogen (secondary N) is 1. The van der Waals surface area contributed by atoms with Crippen LogP contribution in [0.5, 0.6) is 0 Å². The van der Waals surface area contributed by atoms with E-state index in [0.717, 1.165) is 9.55 Å². The molecule has 80 valence electrons. The van der Waals surface area contributed by atoms with Crippen LogP contribution in [0.2, 0.25) is 5.22 Å². The molecule has 15 heavy (non-hydrogen) atoms. The van der Waals surface area contributed by atoms with Gasteiger partial charge in [0.15, 0.2) is 5.22 Å². The lowest BCUT2D eigenvalue weighted by Crippen LogP contribution is -2.15. The Labute approximate surface area is 105 Å². The average molecular weight is 307 g/mol. The summed E-state index contributed by atoms with van der Waals surface area (Å²) in [7, 11) is 1.90. The van der Waals surface area contributed by atoms with Crippen molar-refractivity contribution >= 4 is 38.9 Å². The molecule has 2 aromatic rings. The first-order chi connectivity index (χ1) is 7.20. The van der Waals surface area contributed by atoms with Gasteiger partial charge in [0.25, 0.3) is 0 Å². The topological polar surface area (TPSA) is 25.2 Å². The smallest absolute Gasteiger partial charge is 0.193 e. The molecule has 1 N–H and O–H groups in total. The molecule has 0 radical (unpaired) electrons. The molecule has 0 aliphatic carbocycles. The van der Waals surface area contributed by atoms with E-state index in [2.05, 4.69) is 27.3 Å². The third-order valence-electron chi connectivity index (χ3n) is 2.05. The summed E-state index contributed by atoms with van der Waals surface area (Å²) in [6.45, 7) is 0. The van der Waals surface area contributed by atoms with Crippen LogP contribution in [-0.2, 0) is 0 Å². The van der Waals surface area contributed by atoms with Gasteiger partial charge in [0.2, 0.25) is 0 Å². The van der Waals surface area contributed by atoms with E-state index in [1.54, 1.807) is 17.4 Å². The van der Waals surface area contributed by atoms with Crippen molar-refractivity contribution in [3.63, 3.8) is 0 Å². The van der Waals surface area contributed by atoms with Crippen molar-refractivity contribution in [1.29, 1.82) is 0 Å². The lowest BCUT2D eigenvalue weighted by molar-refractivity contribution is 0.468. The van der Waals surface area contributed by atoms with Gasteiger partial charge in [-0.25, -0.2) is 0 Å². The van der Waals surface area contributed by atoms with Crippen LogP contribution in [0, 0.1) is 0 Å². The van der Waals surface area contributed by atoms with E-state index in [0.29, 0.717) is 5.22 Å². The Morgan fingerprint density at radius 2 is 2.20 bits per heavy atom. The third-order valence-corrected chi connectivity index (χ3v) is 3.94. The van der Waals surface area contributed by atoms with Gasteiger partial charge in [-0.1, -0.05) is 0 Å². The summed E-state index contributed by atoms with van der Waals surface area (Å²) >= 11 is 10.9. The van der Waals surface area contributed by atoms with Crippen LogP contribution >= 0.6 is 38.9 Å². The second-order valence-electron chi connectivity index (χ2n) is 3.01. The number of halogens is 2. The molecular formula is C10H9BrClNOS. The first-order valence-electron chi connectivity index (χ1n) is 4.38. The Bertz CT molecular complexity index is 413. The molecule has 0 amide bonds. The van der Waals surface area contributed by atoms with Gasteiger partial charge in [0, 0.05) is 4.88 Å². The molecule has 0 aliphatic rings. The number of rotatable bonds is 3. The van der Waals surface area contributed by atoms with Gasteiger partial charge in [0.05, 0.1) is 3.79 Å². The summed E-state index contributed by atoms with van der Waals surface area (Å²) in [6, 6.07) is 7.79. The predicted molar refractivity (Wildman–Crippen MR) is 66.6 cm³/mol. The van der Waals surface area contributed by atoms with E-state index >= 15 is 0 Å². The van der Waals surface area contributed by atoms with Gasteiger partial charge in [-0.3, -0.25) is 0 Å². The van der Waals surface area contributed by atoms with Crippen LogP contribution < -0.4 is 5.32 Å². The fourth-order valence-electron chi connectivity index (χ4n) is 1.39. The minimum absolute atomic E-state index is 0.0637. The van der Waals surface area contributed by atoms with Gasteiger partial charge >= 0.3 is 0 Å². The number of thiophene rings is 1. The molecule has 0 saturated carbocycles. The second-order valence-corrected chi connectivity index (χ2v) is 5.87. The first kappa shape index (κ1) is 11.2. The van der Waals surface area contributed by atoms with E-state index < -0.39 is 0 Å². The van der Waals surface area contributed by atoms with Crippen LogP contribution in [0.4, 0.5) is 0 Å².